The van der Waals surface area contributed by atoms with Gasteiger partial charge in [-0.15, -0.1) is 0 Å². The molecule has 0 saturated heterocycles. The standard InChI is InChI=1S/C25H23FN2O2/c1-25(2,24(29)30-3)23(17-7-5-4-6-8-17)18-9-14-22-19(15-18)16-27-28(22)21-12-10-20(26)11-13-21/h4-16,23H,1-3H3. The fraction of sp³-hybridized carbons (Fsp3) is 0.200. The molecule has 0 fully saturated rings. The van der Waals surface area contributed by atoms with Crippen molar-refractivity contribution in [3.63, 3.8) is 0 Å². The van der Waals surface area contributed by atoms with Crippen molar-refractivity contribution in [1.29, 1.82) is 0 Å². The van der Waals surface area contributed by atoms with Crippen LogP contribution >= 0.6 is 0 Å². The smallest absolute Gasteiger partial charge is 0.312 e. The van der Waals surface area contributed by atoms with Crippen molar-refractivity contribution < 1.29 is 13.9 Å². The van der Waals surface area contributed by atoms with E-state index in [9.17, 15) is 9.18 Å². The number of halogens is 1. The number of ether oxygens (including phenoxy) is 1. The Kier molecular flexibility index (Phi) is 5.12. The van der Waals surface area contributed by atoms with Crippen LogP contribution in [0.2, 0.25) is 0 Å². The number of carbonyl (C=O) groups is 1. The Morgan fingerprint density at radius 3 is 2.37 bits per heavy atom. The van der Waals surface area contributed by atoms with Crippen LogP contribution in [0, 0.1) is 11.2 Å². The first-order valence-corrected chi connectivity index (χ1v) is 9.79. The first kappa shape index (κ1) is 19.8. The molecule has 0 radical (unpaired) electrons. The van der Waals surface area contributed by atoms with Gasteiger partial charge in [0.25, 0.3) is 0 Å². The van der Waals surface area contributed by atoms with E-state index in [1.165, 1.54) is 19.2 Å². The minimum absolute atomic E-state index is 0.190. The van der Waals surface area contributed by atoms with Crippen LogP contribution in [-0.2, 0) is 9.53 Å². The number of aromatic nitrogens is 2. The summed E-state index contributed by atoms with van der Waals surface area (Å²) in [4.78, 5) is 12.6. The van der Waals surface area contributed by atoms with Gasteiger partial charge in [0.2, 0.25) is 0 Å². The lowest BCUT2D eigenvalue weighted by atomic mass is 9.71. The van der Waals surface area contributed by atoms with Crippen molar-refractivity contribution >= 4 is 16.9 Å². The van der Waals surface area contributed by atoms with E-state index in [1.54, 1.807) is 23.0 Å². The fourth-order valence-electron chi connectivity index (χ4n) is 4.07. The third-order valence-corrected chi connectivity index (χ3v) is 5.56. The molecule has 0 aliphatic rings. The van der Waals surface area contributed by atoms with Crippen LogP contribution in [-0.4, -0.2) is 22.9 Å². The van der Waals surface area contributed by atoms with Gasteiger partial charge in [-0.25, -0.2) is 9.07 Å². The van der Waals surface area contributed by atoms with Gasteiger partial charge in [-0.05, 0) is 61.4 Å². The molecule has 0 saturated carbocycles. The molecule has 4 nitrogen and oxygen atoms in total. The first-order chi connectivity index (χ1) is 14.4. The zero-order chi connectivity index (χ0) is 21.3. The number of hydrogen-bond donors (Lipinski definition) is 0. The second-order valence-electron chi connectivity index (χ2n) is 7.91. The molecule has 0 aliphatic carbocycles. The number of esters is 1. The highest BCUT2D eigenvalue weighted by Crippen LogP contribution is 2.42. The number of rotatable bonds is 5. The van der Waals surface area contributed by atoms with E-state index in [1.807, 2.05) is 56.3 Å². The van der Waals surface area contributed by atoms with Crippen LogP contribution in [0.3, 0.4) is 0 Å². The molecule has 1 aromatic heterocycles. The molecule has 4 aromatic rings. The normalized spacial score (nSPS) is 12.7. The largest absolute Gasteiger partial charge is 0.469 e. The molecule has 4 rings (SSSR count). The number of nitrogens with zero attached hydrogens (tertiary/aromatic N) is 2. The highest BCUT2D eigenvalue weighted by molar-refractivity contribution is 5.83. The highest BCUT2D eigenvalue weighted by atomic mass is 19.1. The van der Waals surface area contributed by atoms with E-state index in [-0.39, 0.29) is 17.7 Å². The molecule has 0 amide bonds. The molecule has 0 aliphatic heterocycles. The average Bonchev–Trinajstić information content (AvgIpc) is 3.17. The zero-order valence-corrected chi connectivity index (χ0v) is 17.2. The summed E-state index contributed by atoms with van der Waals surface area (Å²) >= 11 is 0. The molecule has 3 aromatic carbocycles. The Balaban J connectivity index is 1.83. The van der Waals surface area contributed by atoms with Crippen molar-refractivity contribution in [3.05, 3.63) is 95.9 Å². The topological polar surface area (TPSA) is 44.1 Å². The minimum atomic E-state index is -0.767. The maximum atomic E-state index is 13.3. The molecular formula is C25H23FN2O2. The zero-order valence-electron chi connectivity index (χ0n) is 17.2. The molecule has 5 heteroatoms. The Labute approximate surface area is 174 Å². The Bertz CT molecular complexity index is 1180. The van der Waals surface area contributed by atoms with E-state index < -0.39 is 5.41 Å². The fourth-order valence-corrected chi connectivity index (χ4v) is 4.07. The molecule has 1 heterocycles. The van der Waals surface area contributed by atoms with Gasteiger partial charge in [-0.1, -0.05) is 36.4 Å². The lowest BCUT2D eigenvalue weighted by molar-refractivity contribution is -0.151. The number of hydrogen-bond acceptors (Lipinski definition) is 3. The van der Waals surface area contributed by atoms with E-state index in [2.05, 4.69) is 11.2 Å². The molecule has 0 N–H and O–H groups in total. The van der Waals surface area contributed by atoms with Gasteiger partial charge >= 0.3 is 5.97 Å². The van der Waals surface area contributed by atoms with Gasteiger partial charge in [-0.3, -0.25) is 4.79 Å². The van der Waals surface area contributed by atoms with Crippen LogP contribution < -0.4 is 0 Å². The summed E-state index contributed by atoms with van der Waals surface area (Å²) in [6.45, 7) is 3.81. The number of methoxy groups -OCH3 is 1. The summed E-state index contributed by atoms with van der Waals surface area (Å²) in [7, 11) is 1.42. The third-order valence-electron chi connectivity index (χ3n) is 5.56. The molecular weight excluding hydrogens is 379 g/mol. The van der Waals surface area contributed by atoms with Crippen molar-refractivity contribution in [2.75, 3.05) is 7.11 Å². The van der Waals surface area contributed by atoms with Crippen molar-refractivity contribution in [2.24, 2.45) is 5.41 Å². The van der Waals surface area contributed by atoms with Gasteiger partial charge in [0.15, 0.2) is 0 Å². The summed E-state index contributed by atoms with van der Waals surface area (Å²) < 4.78 is 20.2. The van der Waals surface area contributed by atoms with Gasteiger partial charge in [-0.2, -0.15) is 5.10 Å². The van der Waals surface area contributed by atoms with Gasteiger partial charge in [0.1, 0.15) is 5.82 Å². The predicted molar refractivity (Wildman–Crippen MR) is 115 cm³/mol. The number of carbonyl (C=O) groups excluding carboxylic acids is 1. The second kappa shape index (κ2) is 7.75. The summed E-state index contributed by atoms with van der Waals surface area (Å²) in [5, 5.41) is 5.43. The molecule has 0 spiro atoms. The molecule has 0 bridgehead atoms. The van der Waals surface area contributed by atoms with Crippen LogP contribution in [0.4, 0.5) is 4.39 Å². The highest BCUT2D eigenvalue weighted by Gasteiger charge is 2.40. The van der Waals surface area contributed by atoms with E-state index >= 15 is 0 Å². The summed E-state index contributed by atoms with van der Waals surface area (Å²) in [6, 6.07) is 22.3. The Morgan fingerprint density at radius 2 is 1.70 bits per heavy atom. The average molecular weight is 402 g/mol. The van der Waals surface area contributed by atoms with Crippen LogP contribution in [0.25, 0.3) is 16.6 Å². The van der Waals surface area contributed by atoms with Crippen LogP contribution in [0.5, 0.6) is 0 Å². The van der Waals surface area contributed by atoms with Crippen LogP contribution in [0.15, 0.2) is 79.0 Å². The summed E-state index contributed by atoms with van der Waals surface area (Å²) in [5.74, 6) is -0.739. The molecule has 30 heavy (non-hydrogen) atoms. The van der Waals surface area contributed by atoms with Crippen molar-refractivity contribution in [1.82, 2.24) is 9.78 Å². The maximum absolute atomic E-state index is 13.3. The van der Waals surface area contributed by atoms with Crippen LogP contribution in [0.1, 0.15) is 30.9 Å². The first-order valence-electron chi connectivity index (χ1n) is 9.79. The second-order valence-corrected chi connectivity index (χ2v) is 7.91. The predicted octanol–water partition coefficient (Wildman–Crippen LogP) is 5.50. The van der Waals surface area contributed by atoms with Gasteiger partial charge in [0.05, 0.1) is 29.9 Å². The quantitative estimate of drug-likeness (QED) is 0.414. The van der Waals surface area contributed by atoms with Gasteiger partial charge in [0, 0.05) is 11.3 Å². The Hall–Kier alpha value is -3.47. The molecule has 1 unspecified atom stereocenters. The maximum Gasteiger partial charge on any atom is 0.312 e. The van der Waals surface area contributed by atoms with E-state index in [0.717, 1.165) is 27.7 Å². The van der Waals surface area contributed by atoms with Gasteiger partial charge < -0.3 is 4.74 Å². The summed E-state index contributed by atoms with van der Waals surface area (Å²) in [5.41, 5.74) is 2.97. The number of fused-ring (bicyclic) bond motifs is 1. The summed E-state index contributed by atoms with van der Waals surface area (Å²) in [6.07, 6.45) is 1.79. The Morgan fingerprint density at radius 1 is 1.00 bits per heavy atom. The molecule has 1 atom stereocenters. The lowest BCUT2D eigenvalue weighted by Gasteiger charge is -2.32. The van der Waals surface area contributed by atoms with E-state index in [0.29, 0.717) is 0 Å². The molecule has 152 valence electrons. The van der Waals surface area contributed by atoms with Crippen molar-refractivity contribution in [3.8, 4) is 5.69 Å². The third kappa shape index (κ3) is 3.47. The lowest BCUT2D eigenvalue weighted by Crippen LogP contribution is -2.33. The monoisotopic (exact) mass is 402 g/mol. The minimum Gasteiger partial charge on any atom is -0.469 e. The van der Waals surface area contributed by atoms with E-state index in [4.69, 9.17) is 4.74 Å². The van der Waals surface area contributed by atoms with Crippen molar-refractivity contribution in [2.45, 2.75) is 19.8 Å². The SMILES string of the molecule is COC(=O)C(C)(C)C(c1ccccc1)c1ccc2c(cnn2-c2ccc(F)cc2)c1. The number of benzene rings is 3.